The molecular formula is C26H24Cl2N2O4. The normalized spacial score (nSPS) is 12.0. The third-order valence-electron chi connectivity index (χ3n) is 5.64. The quantitative estimate of drug-likeness (QED) is 0.255. The predicted molar refractivity (Wildman–Crippen MR) is 134 cm³/mol. The third kappa shape index (κ3) is 5.30. The first-order valence-corrected chi connectivity index (χ1v) is 11.5. The molecule has 1 aromatic heterocycles. The minimum absolute atomic E-state index is 0.142. The van der Waals surface area contributed by atoms with E-state index in [9.17, 15) is 9.90 Å². The minimum Gasteiger partial charge on any atom is -0.493 e. The highest BCUT2D eigenvalue weighted by Gasteiger charge is 2.21. The number of rotatable bonds is 10. The molecule has 0 saturated heterocycles. The fraction of sp³-hybridized carbons (Fsp3) is 0.192. The number of H-pyrrole nitrogens is 1. The van der Waals surface area contributed by atoms with Crippen molar-refractivity contribution in [3.8, 4) is 11.5 Å². The van der Waals surface area contributed by atoms with E-state index in [1.54, 1.807) is 31.4 Å². The lowest BCUT2D eigenvalue weighted by Gasteiger charge is -2.19. The smallest absolute Gasteiger partial charge is 0.321 e. The average molecular weight is 499 g/mol. The van der Waals surface area contributed by atoms with E-state index >= 15 is 0 Å². The Morgan fingerprint density at radius 2 is 1.76 bits per heavy atom. The summed E-state index contributed by atoms with van der Waals surface area (Å²) in [5.41, 5.74) is 3.33. The van der Waals surface area contributed by atoms with E-state index in [1.165, 1.54) is 0 Å². The molecule has 3 aromatic carbocycles. The molecule has 0 aliphatic carbocycles. The van der Waals surface area contributed by atoms with Gasteiger partial charge in [-0.15, -0.1) is 0 Å². The molecule has 8 heteroatoms. The maximum Gasteiger partial charge on any atom is 0.321 e. The number of hydrogen-bond acceptors (Lipinski definition) is 4. The van der Waals surface area contributed by atoms with Gasteiger partial charge in [0.05, 0.1) is 7.11 Å². The van der Waals surface area contributed by atoms with Crippen LogP contribution in [0, 0.1) is 0 Å². The highest BCUT2D eigenvalue weighted by atomic mass is 35.5. The van der Waals surface area contributed by atoms with Crippen LogP contribution in [0.4, 0.5) is 0 Å². The molecule has 0 aliphatic rings. The average Bonchev–Trinajstić information content (AvgIpc) is 3.24. The number of hydrogen-bond donors (Lipinski definition) is 3. The van der Waals surface area contributed by atoms with E-state index in [4.69, 9.17) is 32.7 Å². The first-order valence-electron chi connectivity index (χ1n) is 10.7. The highest BCUT2D eigenvalue weighted by molar-refractivity contribution is 6.35. The summed E-state index contributed by atoms with van der Waals surface area (Å²) >= 11 is 12.6. The number of carboxylic acid groups (broad SMARTS) is 1. The number of ether oxygens (including phenoxy) is 2. The molecule has 0 aliphatic heterocycles. The number of carboxylic acids is 1. The minimum atomic E-state index is -0.932. The van der Waals surface area contributed by atoms with Crippen molar-refractivity contribution >= 4 is 40.1 Å². The number of aromatic nitrogens is 1. The monoisotopic (exact) mass is 498 g/mol. The van der Waals surface area contributed by atoms with Crippen LogP contribution in [0.1, 0.15) is 16.7 Å². The van der Waals surface area contributed by atoms with Gasteiger partial charge in [-0.1, -0.05) is 59.6 Å². The molecule has 0 spiro atoms. The molecule has 0 fully saturated rings. The van der Waals surface area contributed by atoms with E-state index in [2.05, 4.69) is 10.3 Å². The molecular weight excluding hydrogens is 475 g/mol. The number of carbonyl (C=O) groups is 1. The van der Waals surface area contributed by atoms with Crippen molar-refractivity contribution in [3.05, 3.63) is 93.6 Å². The van der Waals surface area contributed by atoms with E-state index in [-0.39, 0.29) is 13.2 Å². The van der Waals surface area contributed by atoms with Gasteiger partial charge in [0.25, 0.3) is 0 Å². The number of aliphatic carboxylic acids is 1. The largest absolute Gasteiger partial charge is 0.493 e. The molecule has 0 radical (unpaired) electrons. The second-order valence-corrected chi connectivity index (χ2v) is 8.59. The molecule has 0 amide bonds. The maximum absolute atomic E-state index is 12.0. The summed E-state index contributed by atoms with van der Waals surface area (Å²) in [4.78, 5) is 15.2. The first kappa shape index (κ1) is 24.0. The van der Waals surface area contributed by atoms with Crippen LogP contribution in [-0.2, 0) is 24.4 Å². The van der Waals surface area contributed by atoms with Crippen LogP contribution in [-0.4, -0.2) is 29.2 Å². The summed E-state index contributed by atoms with van der Waals surface area (Å²) in [6.45, 7) is 0.408. The Labute approximate surface area is 207 Å². The number of benzene rings is 3. The van der Waals surface area contributed by atoms with Gasteiger partial charge in [0.1, 0.15) is 12.6 Å². The number of nitrogens with one attached hydrogen (secondary N) is 2. The fourth-order valence-electron chi connectivity index (χ4n) is 3.84. The van der Waals surface area contributed by atoms with Gasteiger partial charge >= 0.3 is 5.97 Å². The van der Waals surface area contributed by atoms with Crippen LogP contribution < -0.4 is 14.8 Å². The Balaban J connectivity index is 1.52. The van der Waals surface area contributed by atoms with E-state index in [0.29, 0.717) is 33.5 Å². The van der Waals surface area contributed by atoms with E-state index < -0.39 is 12.0 Å². The van der Waals surface area contributed by atoms with Crippen LogP contribution in [0.25, 0.3) is 10.9 Å². The molecule has 1 heterocycles. The number of para-hydroxylation sites is 2. The zero-order valence-electron chi connectivity index (χ0n) is 18.5. The van der Waals surface area contributed by atoms with Gasteiger partial charge in [0.2, 0.25) is 0 Å². The number of fused-ring (bicyclic) bond motifs is 1. The predicted octanol–water partition coefficient (Wildman–Crippen LogP) is 5.85. The van der Waals surface area contributed by atoms with Crippen molar-refractivity contribution in [1.29, 1.82) is 0 Å². The van der Waals surface area contributed by atoms with Gasteiger partial charge in [0.15, 0.2) is 11.5 Å². The highest BCUT2D eigenvalue weighted by Crippen LogP contribution is 2.34. The Bertz CT molecular complexity index is 1280. The fourth-order valence-corrected chi connectivity index (χ4v) is 4.35. The van der Waals surface area contributed by atoms with Crippen LogP contribution in [0.3, 0.4) is 0 Å². The van der Waals surface area contributed by atoms with Crippen molar-refractivity contribution in [2.45, 2.75) is 25.6 Å². The lowest BCUT2D eigenvalue weighted by atomic mass is 10.0. The van der Waals surface area contributed by atoms with Gasteiger partial charge < -0.3 is 19.6 Å². The summed E-state index contributed by atoms with van der Waals surface area (Å²) in [7, 11) is 1.55. The van der Waals surface area contributed by atoms with Crippen molar-refractivity contribution in [2.24, 2.45) is 0 Å². The number of methoxy groups -OCH3 is 1. The van der Waals surface area contributed by atoms with Crippen molar-refractivity contribution < 1.29 is 19.4 Å². The number of aromatic amines is 1. The molecule has 0 unspecified atom stereocenters. The maximum atomic E-state index is 12.0. The van der Waals surface area contributed by atoms with E-state index in [0.717, 1.165) is 22.0 Å². The molecule has 0 bridgehead atoms. The number of halogens is 2. The van der Waals surface area contributed by atoms with Crippen LogP contribution in [0.5, 0.6) is 11.5 Å². The lowest BCUT2D eigenvalue weighted by Crippen LogP contribution is -2.38. The molecule has 176 valence electrons. The second-order valence-electron chi connectivity index (χ2n) is 7.77. The molecule has 3 N–H and O–H groups in total. The van der Waals surface area contributed by atoms with Crippen LogP contribution in [0.15, 0.2) is 66.9 Å². The summed E-state index contributed by atoms with van der Waals surface area (Å²) in [6, 6.07) is 17.8. The molecule has 4 aromatic rings. The van der Waals surface area contributed by atoms with E-state index in [1.807, 2.05) is 42.6 Å². The summed E-state index contributed by atoms with van der Waals surface area (Å²) in [5, 5.41) is 15.0. The standard InChI is InChI=1S/C26H24Cl2N2O4/c1-33-24-11-4-6-16(25(24)34-15-19-20(27)8-5-9-21(19)28)13-30-23(26(31)32)12-17-14-29-22-10-3-2-7-18(17)22/h2-11,14,23,29-30H,12-13,15H2,1H3,(H,31,32)/t23-/m0/s1. The van der Waals surface area contributed by atoms with Gasteiger partial charge in [-0.25, -0.2) is 0 Å². The Morgan fingerprint density at radius 1 is 1.03 bits per heavy atom. The molecule has 34 heavy (non-hydrogen) atoms. The summed E-state index contributed by atoms with van der Waals surface area (Å²) in [6.07, 6.45) is 2.18. The van der Waals surface area contributed by atoms with Crippen LogP contribution >= 0.6 is 23.2 Å². The Morgan fingerprint density at radius 3 is 2.50 bits per heavy atom. The SMILES string of the molecule is COc1cccc(CN[C@@H](Cc2c[nH]c3ccccc23)C(=O)O)c1OCc1c(Cl)cccc1Cl. The van der Waals surface area contributed by atoms with Crippen molar-refractivity contribution in [1.82, 2.24) is 10.3 Å². The second kappa shape index (κ2) is 10.8. The van der Waals surface area contributed by atoms with Crippen molar-refractivity contribution in [3.63, 3.8) is 0 Å². The molecule has 1 atom stereocenters. The van der Waals surface area contributed by atoms with Crippen molar-refractivity contribution in [2.75, 3.05) is 7.11 Å². The first-order chi connectivity index (χ1) is 16.5. The van der Waals surface area contributed by atoms with Gasteiger partial charge in [-0.05, 0) is 29.8 Å². The Kier molecular flexibility index (Phi) is 7.63. The molecule has 6 nitrogen and oxygen atoms in total. The Hall–Kier alpha value is -3.19. The molecule has 4 rings (SSSR count). The topological polar surface area (TPSA) is 83.6 Å². The lowest BCUT2D eigenvalue weighted by molar-refractivity contribution is -0.139. The van der Waals surface area contributed by atoms with Gasteiger partial charge in [-0.3, -0.25) is 10.1 Å². The zero-order valence-corrected chi connectivity index (χ0v) is 20.0. The zero-order chi connectivity index (χ0) is 24.1. The van der Waals surface area contributed by atoms with Crippen LogP contribution in [0.2, 0.25) is 10.0 Å². The summed E-state index contributed by atoms with van der Waals surface area (Å²) in [5.74, 6) is 0.106. The summed E-state index contributed by atoms with van der Waals surface area (Å²) < 4.78 is 11.6. The van der Waals surface area contributed by atoms with Gasteiger partial charge in [0, 0.05) is 51.2 Å². The van der Waals surface area contributed by atoms with Gasteiger partial charge in [-0.2, -0.15) is 0 Å². The molecule has 0 saturated carbocycles. The third-order valence-corrected chi connectivity index (χ3v) is 6.35.